The van der Waals surface area contributed by atoms with E-state index in [9.17, 15) is 13.2 Å². The molecule has 0 saturated heterocycles. The smallest absolute Gasteiger partial charge is 0.240 e. The zero-order valence-electron chi connectivity index (χ0n) is 13.0. The Morgan fingerprint density at radius 1 is 1.25 bits per heavy atom. The minimum absolute atomic E-state index is 0.0324. The fourth-order valence-electron chi connectivity index (χ4n) is 3.28. The van der Waals surface area contributed by atoms with Gasteiger partial charge >= 0.3 is 0 Å². The van der Waals surface area contributed by atoms with Gasteiger partial charge in [0.2, 0.25) is 15.9 Å². The van der Waals surface area contributed by atoms with Crippen molar-refractivity contribution in [3.63, 3.8) is 0 Å². The minimum atomic E-state index is -3.58. The van der Waals surface area contributed by atoms with Crippen molar-refractivity contribution in [2.45, 2.75) is 43.2 Å². The summed E-state index contributed by atoms with van der Waals surface area (Å²) < 4.78 is 30.1. The molecule has 8 heteroatoms. The molecule has 0 unspecified atom stereocenters. The molecule has 1 aromatic carbocycles. The molecule has 0 aliphatic carbocycles. The van der Waals surface area contributed by atoms with Crippen LogP contribution in [-0.4, -0.2) is 30.1 Å². The highest BCUT2D eigenvalue weighted by atomic mass is 32.2. The highest BCUT2D eigenvalue weighted by molar-refractivity contribution is 7.89. The zero-order valence-corrected chi connectivity index (χ0v) is 13.8. The second kappa shape index (κ2) is 5.71. The van der Waals surface area contributed by atoms with Crippen LogP contribution < -0.4 is 10.0 Å². The molecule has 0 radical (unpaired) electrons. The minimum Gasteiger partial charge on any atom is -0.326 e. The van der Waals surface area contributed by atoms with Gasteiger partial charge in [-0.25, -0.2) is 13.1 Å². The number of nitrogens with one attached hydrogen (secondary N) is 2. The number of rotatable bonds is 3. The molecule has 126 valence electrons. The largest absolute Gasteiger partial charge is 0.326 e. The monoisotopic (exact) mass is 346 g/mol. The Balaban J connectivity index is 1.54. The highest BCUT2D eigenvalue weighted by Crippen LogP contribution is 2.26. The van der Waals surface area contributed by atoms with E-state index >= 15 is 0 Å². The number of sulfonamides is 1. The average molecular weight is 346 g/mol. The van der Waals surface area contributed by atoms with E-state index in [2.05, 4.69) is 15.1 Å². The van der Waals surface area contributed by atoms with Gasteiger partial charge in [0, 0.05) is 43.0 Å². The SMILES string of the molecule is O=C1CCc2cc(S(=O)(=O)N[C@@H]3CCn4nccc4C3)ccc2N1. The Labute approximate surface area is 140 Å². The normalized spacial score (nSPS) is 20.2. The predicted molar refractivity (Wildman–Crippen MR) is 88.1 cm³/mol. The summed E-state index contributed by atoms with van der Waals surface area (Å²) in [5, 5.41) is 6.97. The van der Waals surface area contributed by atoms with E-state index in [1.165, 1.54) is 0 Å². The van der Waals surface area contributed by atoms with Gasteiger partial charge in [-0.2, -0.15) is 5.10 Å². The van der Waals surface area contributed by atoms with Gasteiger partial charge in [0.1, 0.15) is 0 Å². The number of aromatic nitrogens is 2. The van der Waals surface area contributed by atoms with Gasteiger partial charge in [-0.05, 0) is 42.7 Å². The van der Waals surface area contributed by atoms with E-state index in [1.807, 2.05) is 10.7 Å². The van der Waals surface area contributed by atoms with Gasteiger partial charge in [-0.3, -0.25) is 9.48 Å². The third-order valence-corrected chi connectivity index (χ3v) is 6.07. The quantitative estimate of drug-likeness (QED) is 0.869. The molecule has 1 atom stereocenters. The molecule has 3 heterocycles. The Hall–Kier alpha value is -2.19. The molecule has 0 spiro atoms. The van der Waals surface area contributed by atoms with Crippen molar-refractivity contribution in [1.29, 1.82) is 0 Å². The Bertz CT molecular complexity index is 904. The Morgan fingerprint density at radius 2 is 2.12 bits per heavy atom. The number of carbonyl (C=O) groups is 1. The number of aryl methyl sites for hydroxylation is 2. The topological polar surface area (TPSA) is 93.1 Å². The summed E-state index contributed by atoms with van der Waals surface area (Å²) in [6.07, 6.45) is 4.04. The predicted octanol–water partition coefficient (Wildman–Crippen LogP) is 1.06. The van der Waals surface area contributed by atoms with E-state index < -0.39 is 10.0 Å². The van der Waals surface area contributed by atoms with Crippen LogP contribution >= 0.6 is 0 Å². The summed E-state index contributed by atoms with van der Waals surface area (Å²) in [6.45, 7) is 0.714. The van der Waals surface area contributed by atoms with Crippen LogP contribution in [0.2, 0.25) is 0 Å². The lowest BCUT2D eigenvalue weighted by Gasteiger charge is -2.24. The van der Waals surface area contributed by atoms with Gasteiger partial charge < -0.3 is 5.32 Å². The van der Waals surface area contributed by atoms with Crippen LogP contribution in [0.3, 0.4) is 0 Å². The van der Waals surface area contributed by atoms with Crippen LogP contribution in [0.1, 0.15) is 24.1 Å². The summed E-state index contributed by atoms with van der Waals surface area (Å²) in [5.74, 6) is -0.0324. The van der Waals surface area contributed by atoms with Crippen molar-refractivity contribution in [3.05, 3.63) is 41.7 Å². The molecule has 2 N–H and O–H groups in total. The fourth-order valence-corrected chi connectivity index (χ4v) is 4.60. The van der Waals surface area contributed by atoms with Crippen LogP contribution in [0.25, 0.3) is 0 Å². The number of fused-ring (bicyclic) bond motifs is 2. The maximum Gasteiger partial charge on any atom is 0.240 e. The number of amides is 1. The lowest BCUT2D eigenvalue weighted by atomic mass is 10.0. The van der Waals surface area contributed by atoms with Crippen molar-refractivity contribution in [2.24, 2.45) is 0 Å². The number of benzene rings is 1. The van der Waals surface area contributed by atoms with Crippen LogP contribution in [0, 0.1) is 0 Å². The summed E-state index contributed by atoms with van der Waals surface area (Å²) >= 11 is 0. The Kier molecular flexibility index (Phi) is 3.65. The lowest BCUT2D eigenvalue weighted by Crippen LogP contribution is -2.40. The van der Waals surface area contributed by atoms with Gasteiger partial charge in [-0.15, -0.1) is 0 Å². The number of carbonyl (C=O) groups excluding carboxylic acids is 1. The molecule has 2 aliphatic heterocycles. The van der Waals surface area contributed by atoms with Crippen LogP contribution in [0.15, 0.2) is 35.4 Å². The maximum atomic E-state index is 12.7. The highest BCUT2D eigenvalue weighted by Gasteiger charge is 2.26. The zero-order chi connectivity index (χ0) is 16.7. The molecule has 0 fully saturated rings. The summed E-state index contributed by atoms with van der Waals surface area (Å²) in [4.78, 5) is 11.6. The summed E-state index contributed by atoms with van der Waals surface area (Å²) in [5.41, 5.74) is 2.60. The van der Waals surface area contributed by atoms with Crippen molar-refractivity contribution < 1.29 is 13.2 Å². The third-order valence-electron chi connectivity index (χ3n) is 4.55. The molecule has 2 aliphatic rings. The summed E-state index contributed by atoms with van der Waals surface area (Å²) in [7, 11) is -3.58. The molecule has 0 saturated carbocycles. The first kappa shape index (κ1) is 15.3. The second-order valence-corrected chi connectivity index (χ2v) is 7.94. The van der Waals surface area contributed by atoms with E-state index in [-0.39, 0.29) is 16.8 Å². The van der Waals surface area contributed by atoms with Gasteiger partial charge in [0.05, 0.1) is 4.90 Å². The molecular weight excluding hydrogens is 328 g/mol. The molecule has 0 bridgehead atoms. The first-order valence-corrected chi connectivity index (χ1v) is 9.45. The van der Waals surface area contributed by atoms with Crippen LogP contribution in [0.5, 0.6) is 0 Å². The maximum absolute atomic E-state index is 12.7. The van der Waals surface area contributed by atoms with E-state index in [0.717, 1.165) is 17.7 Å². The standard InChI is InChI=1S/C16H18N4O3S/c21-16-4-1-11-9-14(2-3-15(11)18-16)24(22,23)19-12-6-8-20-13(10-12)5-7-17-20/h2-3,5,7,9,12,19H,1,4,6,8,10H2,(H,18,21)/t12-/m1/s1. The molecule has 7 nitrogen and oxygen atoms in total. The first-order chi connectivity index (χ1) is 11.5. The second-order valence-electron chi connectivity index (χ2n) is 6.22. The number of hydrogen-bond donors (Lipinski definition) is 2. The molecule has 2 aromatic rings. The van der Waals surface area contributed by atoms with Crippen LogP contribution in [-0.2, 0) is 34.2 Å². The third kappa shape index (κ3) is 2.83. The molecule has 1 aromatic heterocycles. The average Bonchev–Trinajstić information content (AvgIpc) is 3.01. The van der Waals surface area contributed by atoms with Crippen molar-refractivity contribution in [1.82, 2.24) is 14.5 Å². The molecule has 24 heavy (non-hydrogen) atoms. The van der Waals surface area contributed by atoms with E-state index in [4.69, 9.17) is 0 Å². The van der Waals surface area contributed by atoms with Gasteiger partial charge in [0.15, 0.2) is 0 Å². The Morgan fingerprint density at radius 3 is 3.00 bits per heavy atom. The number of nitrogens with zero attached hydrogens (tertiary/aromatic N) is 2. The number of hydrogen-bond acceptors (Lipinski definition) is 4. The first-order valence-electron chi connectivity index (χ1n) is 7.97. The van der Waals surface area contributed by atoms with Crippen molar-refractivity contribution in [2.75, 3.05) is 5.32 Å². The van der Waals surface area contributed by atoms with Gasteiger partial charge in [-0.1, -0.05) is 0 Å². The van der Waals surface area contributed by atoms with E-state index in [1.54, 1.807) is 24.4 Å². The molecule has 1 amide bonds. The summed E-state index contributed by atoms with van der Waals surface area (Å²) in [6, 6.07) is 6.65. The van der Waals surface area contributed by atoms with Crippen molar-refractivity contribution >= 4 is 21.6 Å². The molecule has 4 rings (SSSR count). The number of anilines is 1. The lowest BCUT2D eigenvalue weighted by molar-refractivity contribution is -0.116. The molecular formula is C16H18N4O3S. The van der Waals surface area contributed by atoms with Gasteiger partial charge in [0.25, 0.3) is 0 Å². The van der Waals surface area contributed by atoms with E-state index in [0.29, 0.717) is 31.5 Å². The van der Waals surface area contributed by atoms with Crippen LogP contribution in [0.4, 0.5) is 5.69 Å². The fraction of sp³-hybridized carbons (Fsp3) is 0.375. The van der Waals surface area contributed by atoms with Crippen molar-refractivity contribution in [3.8, 4) is 0 Å².